The van der Waals surface area contributed by atoms with Crippen molar-refractivity contribution in [1.82, 2.24) is 0 Å². The first-order valence-corrected chi connectivity index (χ1v) is 7.81. The predicted molar refractivity (Wildman–Crippen MR) is 85.7 cm³/mol. The fraction of sp³-hybridized carbons (Fsp3) is 0.812. The van der Waals surface area contributed by atoms with Crippen LogP contribution < -0.4 is 0 Å². The van der Waals surface area contributed by atoms with Gasteiger partial charge in [0.25, 0.3) is 0 Å². The average molecular weight is 320 g/mol. The van der Waals surface area contributed by atoms with Gasteiger partial charge in [-0.1, -0.05) is 26.2 Å². The van der Waals surface area contributed by atoms with E-state index in [0.29, 0.717) is 18.4 Å². The van der Waals surface area contributed by atoms with Crippen LogP contribution in [-0.2, 0) is 4.79 Å². The summed E-state index contributed by atoms with van der Waals surface area (Å²) in [5.41, 5.74) is 0.622. The van der Waals surface area contributed by atoms with Crippen LogP contribution in [0.5, 0.6) is 0 Å². The average Bonchev–Trinajstić information content (AvgIpc) is 2.46. The second-order valence-corrected chi connectivity index (χ2v) is 5.52. The zero-order valence-electron chi connectivity index (χ0n) is 14.0. The van der Waals surface area contributed by atoms with Crippen molar-refractivity contribution < 1.29 is 30.3 Å². The Labute approximate surface area is 133 Å². The van der Waals surface area contributed by atoms with Gasteiger partial charge >= 0.3 is 5.97 Å². The molecule has 5 N–H and O–H groups in total. The van der Waals surface area contributed by atoms with E-state index < -0.39 is 18.7 Å². The number of carboxylic acids is 1. The third-order valence-electron chi connectivity index (χ3n) is 3.07. The number of aliphatic hydroxyl groups excluding tert-OH is 4. The SMILES string of the molecule is CC(C)=C(O)C(O)CO.CCCCCC(O)CCCC(=O)O. The van der Waals surface area contributed by atoms with Crippen molar-refractivity contribution in [3.05, 3.63) is 11.3 Å². The molecule has 0 heterocycles. The van der Waals surface area contributed by atoms with Crippen LogP contribution in [0.25, 0.3) is 0 Å². The highest BCUT2D eigenvalue weighted by Gasteiger charge is 2.07. The van der Waals surface area contributed by atoms with Gasteiger partial charge in [0.05, 0.1) is 12.7 Å². The summed E-state index contributed by atoms with van der Waals surface area (Å²) in [6, 6.07) is 0. The minimum absolute atomic E-state index is 0.141. The second kappa shape index (κ2) is 14.8. The normalized spacial score (nSPS) is 12.8. The molecule has 132 valence electrons. The van der Waals surface area contributed by atoms with Crippen LogP contribution in [0.15, 0.2) is 11.3 Å². The zero-order valence-corrected chi connectivity index (χ0v) is 14.0. The molecule has 0 fully saturated rings. The zero-order chi connectivity index (χ0) is 17.5. The predicted octanol–water partition coefficient (Wildman–Crippen LogP) is 2.37. The van der Waals surface area contributed by atoms with Gasteiger partial charge in [0.1, 0.15) is 11.9 Å². The Morgan fingerprint density at radius 3 is 1.91 bits per heavy atom. The van der Waals surface area contributed by atoms with Crippen molar-refractivity contribution in [2.45, 2.75) is 77.9 Å². The van der Waals surface area contributed by atoms with Gasteiger partial charge in [-0.15, -0.1) is 0 Å². The molecule has 2 atom stereocenters. The van der Waals surface area contributed by atoms with Crippen LogP contribution in [0.3, 0.4) is 0 Å². The lowest BCUT2D eigenvalue weighted by Gasteiger charge is -2.08. The number of hydrogen-bond donors (Lipinski definition) is 5. The van der Waals surface area contributed by atoms with Gasteiger partial charge in [0.2, 0.25) is 0 Å². The Balaban J connectivity index is 0. The quantitative estimate of drug-likeness (QED) is 0.311. The molecule has 0 aromatic heterocycles. The molecule has 0 radical (unpaired) electrons. The first-order chi connectivity index (χ1) is 10.3. The highest BCUT2D eigenvalue weighted by Crippen LogP contribution is 2.09. The number of aliphatic hydroxyl groups is 4. The standard InChI is InChI=1S/C10H20O3.C6H12O3/c1-2-3-4-6-9(11)7-5-8-10(12)13;1-4(2)6(9)5(8)3-7/h9,11H,2-8H2,1H3,(H,12,13);5,7-9H,3H2,1-2H3. The number of rotatable bonds is 10. The molecule has 0 aliphatic rings. The first-order valence-electron chi connectivity index (χ1n) is 7.81. The van der Waals surface area contributed by atoms with E-state index in [1.54, 1.807) is 13.8 Å². The van der Waals surface area contributed by atoms with E-state index in [1.807, 2.05) is 0 Å². The molecule has 0 aromatic carbocycles. The minimum atomic E-state index is -1.12. The van der Waals surface area contributed by atoms with E-state index in [2.05, 4.69) is 6.92 Å². The summed E-state index contributed by atoms with van der Waals surface area (Å²) in [6.45, 7) is 5.01. The molecule has 0 aromatic rings. The molecule has 0 saturated carbocycles. The van der Waals surface area contributed by atoms with Crippen molar-refractivity contribution >= 4 is 5.97 Å². The van der Waals surface area contributed by atoms with Crippen LogP contribution >= 0.6 is 0 Å². The van der Waals surface area contributed by atoms with E-state index in [4.69, 9.17) is 20.4 Å². The first kappa shape index (κ1) is 23.2. The van der Waals surface area contributed by atoms with Gasteiger partial charge < -0.3 is 25.5 Å². The van der Waals surface area contributed by atoms with E-state index in [9.17, 15) is 9.90 Å². The fourth-order valence-corrected chi connectivity index (χ4v) is 1.68. The van der Waals surface area contributed by atoms with Gasteiger partial charge in [-0.25, -0.2) is 0 Å². The lowest BCUT2D eigenvalue weighted by molar-refractivity contribution is -0.137. The fourth-order valence-electron chi connectivity index (χ4n) is 1.68. The summed E-state index contributed by atoms with van der Waals surface area (Å²) in [5, 5.41) is 43.7. The highest BCUT2D eigenvalue weighted by atomic mass is 16.4. The summed E-state index contributed by atoms with van der Waals surface area (Å²) >= 11 is 0. The van der Waals surface area contributed by atoms with Gasteiger partial charge in [-0.2, -0.15) is 0 Å². The molecule has 2 unspecified atom stereocenters. The third kappa shape index (κ3) is 15.3. The summed E-state index contributed by atoms with van der Waals surface area (Å²) in [4.78, 5) is 10.2. The van der Waals surface area contributed by atoms with Crippen LogP contribution in [-0.4, -0.2) is 50.3 Å². The summed E-state index contributed by atoms with van der Waals surface area (Å²) in [7, 11) is 0. The summed E-state index contributed by atoms with van der Waals surface area (Å²) in [5.74, 6) is -0.918. The lowest BCUT2D eigenvalue weighted by atomic mass is 10.1. The molecule has 0 aliphatic heterocycles. The molecule has 6 heteroatoms. The lowest BCUT2D eigenvalue weighted by Crippen LogP contribution is -2.15. The second-order valence-electron chi connectivity index (χ2n) is 5.52. The van der Waals surface area contributed by atoms with Crippen LogP contribution in [0.4, 0.5) is 0 Å². The number of unbranched alkanes of at least 4 members (excludes halogenated alkanes) is 2. The van der Waals surface area contributed by atoms with Gasteiger partial charge in [0.15, 0.2) is 0 Å². The van der Waals surface area contributed by atoms with E-state index in [0.717, 1.165) is 25.7 Å². The maximum absolute atomic E-state index is 10.2. The maximum atomic E-state index is 10.2. The Morgan fingerprint density at radius 2 is 1.55 bits per heavy atom. The van der Waals surface area contributed by atoms with Crippen molar-refractivity contribution in [2.75, 3.05) is 6.61 Å². The summed E-state index contributed by atoms with van der Waals surface area (Å²) in [6.07, 6.45) is 4.13. The number of allylic oxidation sites excluding steroid dienone is 1. The van der Waals surface area contributed by atoms with E-state index in [-0.39, 0.29) is 18.3 Å². The van der Waals surface area contributed by atoms with Crippen molar-refractivity contribution in [1.29, 1.82) is 0 Å². The van der Waals surface area contributed by atoms with Crippen LogP contribution in [0.2, 0.25) is 0 Å². The van der Waals surface area contributed by atoms with Crippen LogP contribution in [0, 0.1) is 0 Å². The Bertz CT molecular complexity index is 310. The molecular weight excluding hydrogens is 288 g/mol. The van der Waals surface area contributed by atoms with E-state index in [1.165, 1.54) is 0 Å². The smallest absolute Gasteiger partial charge is 0.303 e. The maximum Gasteiger partial charge on any atom is 0.303 e. The number of carbonyl (C=O) groups is 1. The Morgan fingerprint density at radius 1 is 1.00 bits per heavy atom. The van der Waals surface area contributed by atoms with E-state index >= 15 is 0 Å². The van der Waals surface area contributed by atoms with Gasteiger partial charge in [-0.05, 0) is 38.7 Å². The molecule has 0 saturated heterocycles. The Hall–Kier alpha value is -1.11. The van der Waals surface area contributed by atoms with Crippen molar-refractivity contribution in [3.8, 4) is 0 Å². The van der Waals surface area contributed by atoms with Crippen molar-refractivity contribution in [3.63, 3.8) is 0 Å². The molecular formula is C16H32O6. The molecule has 0 amide bonds. The summed E-state index contributed by atoms with van der Waals surface area (Å²) < 4.78 is 0. The van der Waals surface area contributed by atoms with Crippen molar-refractivity contribution in [2.24, 2.45) is 0 Å². The molecule has 0 aliphatic carbocycles. The number of aliphatic carboxylic acids is 1. The number of hydrogen-bond acceptors (Lipinski definition) is 5. The highest BCUT2D eigenvalue weighted by molar-refractivity contribution is 5.66. The largest absolute Gasteiger partial charge is 0.510 e. The number of carboxylic acid groups (broad SMARTS) is 1. The Kier molecular flexibility index (Phi) is 15.6. The minimum Gasteiger partial charge on any atom is -0.510 e. The topological polar surface area (TPSA) is 118 Å². The molecule has 0 spiro atoms. The van der Waals surface area contributed by atoms with Gasteiger partial charge in [0, 0.05) is 6.42 Å². The van der Waals surface area contributed by atoms with Crippen LogP contribution in [0.1, 0.15) is 65.7 Å². The molecule has 0 bridgehead atoms. The van der Waals surface area contributed by atoms with Gasteiger partial charge in [-0.3, -0.25) is 4.79 Å². The molecule has 0 rings (SSSR count). The molecule has 22 heavy (non-hydrogen) atoms. The molecule has 6 nitrogen and oxygen atoms in total. The third-order valence-corrected chi connectivity index (χ3v) is 3.07. The monoisotopic (exact) mass is 320 g/mol.